The Labute approximate surface area is 198 Å². The fraction of sp³-hybridized carbons (Fsp3) is 0.360. The molecule has 0 aliphatic heterocycles. The summed E-state index contributed by atoms with van der Waals surface area (Å²) in [6.45, 7) is 10.6. The number of furan rings is 1. The molecule has 0 spiro atoms. The average Bonchev–Trinajstić information content (AvgIpc) is 3.31. The minimum Gasteiger partial charge on any atom is -0.466 e. The molecule has 0 radical (unpaired) electrons. The summed E-state index contributed by atoms with van der Waals surface area (Å²) in [5.41, 5.74) is 2.32. The highest BCUT2D eigenvalue weighted by atomic mass is 16.4. The number of anilines is 1. The molecule has 9 nitrogen and oxygen atoms in total. The van der Waals surface area contributed by atoms with E-state index in [1.807, 2.05) is 19.9 Å². The average molecular weight is 467 g/mol. The van der Waals surface area contributed by atoms with Gasteiger partial charge in [0.25, 0.3) is 5.91 Å². The number of rotatable bonds is 8. The highest BCUT2D eigenvalue weighted by Gasteiger charge is 2.23. The van der Waals surface area contributed by atoms with Crippen LogP contribution in [0.1, 0.15) is 54.1 Å². The minimum atomic E-state index is -0.632. The Balaban J connectivity index is 1.71. The lowest BCUT2D eigenvalue weighted by Gasteiger charge is -2.20. The molecular weight excluding hydrogens is 436 g/mol. The van der Waals surface area contributed by atoms with Crippen molar-refractivity contribution in [3.8, 4) is 11.5 Å². The molecule has 2 aromatic heterocycles. The number of aryl methyl sites for hydroxylation is 3. The van der Waals surface area contributed by atoms with E-state index in [1.165, 1.54) is 6.92 Å². The first-order valence-electron chi connectivity index (χ1n) is 11.0. The molecule has 3 rings (SSSR count). The largest absolute Gasteiger partial charge is 0.466 e. The lowest BCUT2D eigenvalue weighted by atomic mass is 10.0. The van der Waals surface area contributed by atoms with Gasteiger partial charge in [-0.25, -0.2) is 4.98 Å². The summed E-state index contributed by atoms with van der Waals surface area (Å²) in [5, 5.41) is 8.34. The Morgan fingerprint density at radius 2 is 1.76 bits per heavy atom. The van der Waals surface area contributed by atoms with E-state index >= 15 is 0 Å². The summed E-state index contributed by atoms with van der Waals surface area (Å²) < 4.78 is 11.2. The van der Waals surface area contributed by atoms with Gasteiger partial charge in [-0.3, -0.25) is 14.4 Å². The second-order valence-corrected chi connectivity index (χ2v) is 8.52. The monoisotopic (exact) mass is 466 g/mol. The van der Waals surface area contributed by atoms with Gasteiger partial charge in [0.05, 0.1) is 12.1 Å². The molecule has 0 fully saturated rings. The number of hydrogen-bond donors (Lipinski definition) is 3. The molecule has 180 valence electrons. The lowest BCUT2D eigenvalue weighted by molar-refractivity contribution is -0.129. The van der Waals surface area contributed by atoms with E-state index in [9.17, 15) is 14.4 Å². The molecule has 0 saturated carbocycles. The third-order valence-corrected chi connectivity index (χ3v) is 5.28. The van der Waals surface area contributed by atoms with Gasteiger partial charge >= 0.3 is 0 Å². The molecule has 0 aliphatic rings. The Morgan fingerprint density at radius 1 is 1.03 bits per heavy atom. The Hall–Kier alpha value is -3.88. The second-order valence-electron chi connectivity index (χ2n) is 8.52. The molecule has 1 aromatic carbocycles. The molecule has 34 heavy (non-hydrogen) atoms. The van der Waals surface area contributed by atoms with Crippen molar-refractivity contribution < 1.29 is 23.2 Å². The maximum absolute atomic E-state index is 12.6. The SMILES string of the molecule is CC(=O)N[C@@H](C(=O)NCc1nc(-c2cccc(NC(=O)c3cc(C)oc3C)c2)oc1C)C(C)C. The van der Waals surface area contributed by atoms with Crippen LogP contribution in [-0.4, -0.2) is 28.7 Å². The smallest absolute Gasteiger partial charge is 0.259 e. The molecule has 1 atom stereocenters. The van der Waals surface area contributed by atoms with Gasteiger partial charge in [0, 0.05) is 18.2 Å². The summed E-state index contributed by atoms with van der Waals surface area (Å²) in [4.78, 5) is 41.0. The predicted molar refractivity (Wildman–Crippen MR) is 127 cm³/mol. The lowest BCUT2D eigenvalue weighted by Crippen LogP contribution is -2.48. The molecule has 3 amide bonds. The van der Waals surface area contributed by atoms with Crippen molar-refractivity contribution in [1.82, 2.24) is 15.6 Å². The number of nitrogens with zero attached hydrogens (tertiary/aromatic N) is 1. The molecule has 0 saturated heterocycles. The molecule has 2 heterocycles. The van der Waals surface area contributed by atoms with Gasteiger partial charge < -0.3 is 24.8 Å². The van der Waals surface area contributed by atoms with Crippen LogP contribution in [0.4, 0.5) is 5.69 Å². The van der Waals surface area contributed by atoms with Crippen LogP contribution >= 0.6 is 0 Å². The van der Waals surface area contributed by atoms with Gasteiger partial charge in [-0.05, 0) is 51.0 Å². The number of carbonyl (C=O) groups is 3. The first-order valence-corrected chi connectivity index (χ1v) is 11.0. The van der Waals surface area contributed by atoms with Gasteiger partial charge in [0.1, 0.15) is 29.0 Å². The maximum atomic E-state index is 12.6. The van der Waals surface area contributed by atoms with Gasteiger partial charge in [-0.1, -0.05) is 19.9 Å². The molecular formula is C25H30N4O5. The van der Waals surface area contributed by atoms with Crippen molar-refractivity contribution in [2.24, 2.45) is 5.92 Å². The molecule has 0 bridgehead atoms. The number of amides is 3. The van der Waals surface area contributed by atoms with E-state index in [-0.39, 0.29) is 30.2 Å². The second kappa shape index (κ2) is 10.4. The van der Waals surface area contributed by atoms with Gasteiger partial charge in [-0.15, -0.1) is 0 Å². The van der Waals surface area contributed by atoms with E-state index in [1.54, 1.807) is 45.0 Å². The van der Waals surface area contributed by atoms with Crippen molar-refractivity contribution in [1.29, 1.82) is 0 Å². The number of nitrogens with one attached hydrogen (secondary N) is 3. The van der Waals surface area contributed by atoms with Crippen LogP contribution < -0.4 is 16.0 Å². The fourth-order valence-electron chi connectivity index (χ4n) is 3.53. The zero-order chi connectivity index (χ0) is 25.0. The zero-order valence-electron chi connectivity index (χ0n) is 20.2. The molecule has 9 heteroatoms. The van der Waals surface area contributed by atoms with Crippen LogP contribution in [0.5, 0.6) is 0 Å². The first-order chi connectivity index (χ1) is 16.0. The third kappa shape index (κ3) is 5.92. The van der Waals surface area contributed by atoms with Gasteiger partial charge in [0.2, 0.25) is 17.7 Å². The molecule has 3 aromatic rings. The van der Waals surface area contributed by atoms with Crippen molar-refractivity contribution in [2.75, 3.05) is 5.32 Å². The Bertz CT molecular complexity index is 1210. The Morgan fingerprint density at radius 3 is 2.38 bits per heavy atom. The maximum Gasteiger partial charge on any atom is 0.259 e. The van der Waals surface area contributed by atoms with Crippen LogP contribution in [0.15, 0.2) is 39.2 Å². The van der Waals surface area contributed by atoms with E-state index < -0.39 is 6.04 Å². The van der Waals surface area contributed by atoms with Crippen LogP contribution in [0.2, 0.25) is 0 Å². The summed E-state index contributed by atoms with van der Waals surface area (Å²) in [5.74, 6) is 1.28. The van der Waals surface area contributed by atoms with Crippen molar-refractivity contribution in [2.45, 2.75) is 54.1 Å². The molecule has 3 N–H and O–H groups in total. The standard InChI is InChI=1S/C25H30N4O5/c1-13(2)22(27-17(6)30)24(32)26-12-21-16(5)34-25(29-21)18-8-7-9-19(11-18)28-23(31)20-10-14(3)33-15(20)4/h7-11,13,22H,12H2,1-6H3,(H,26,32)(H,27,30)(H,28,31)/t22-/m1/s1. The highest BCUT2D eigenvalue weighted by molar-refractivity contribution is 6.05. The highest BCUT2D eigenvalue weighted by Crippen LogP contribution is 2.25. The van der Waals surface area contributed by atoms with Crippen LogP contribution in [0, 0.1) is 26.7 Å². The number of benzene rings is 1. The van der Waals surface area contributed by atoms with Crippen LogP contribution in [-0.2, 0) is 16.1 Å². The fourth-order valence-corrected chi connectivity index (χ4v) is 3.53. The normalized spacial score (nSPS) is 11.9. The number of oxazole rings is 1. The summed E-state index contributed by atoms with van der Waals surface area (Å²) >= 11 is 0. The van der Waals surface area contributed by atoms with Crippen molar-refractivity contribution in [3.63, 3.8) is 0 Å². The van der Waals surface area contributed by atoms with E-state index in [0.717, 1.165) is 0 Å². The van der Waals surface area contributed by atoms with Gasteiger partial charge in [0.15, 0.2) is 0 Å². The van der Waals surface area contributed by atoms with E-state index in [0.29, 0.717) is 45.7 Å². The number of carbonyl (C=O) groups excluding carboxylic acids is 3. The molecule has 0 unspecified atom stereocenters. The van der Waals surface area contributed by atoms with Crippen LogP contribution in [0.3, 0.4) is 0 Å². The summed E-state index contributed by atoms with van der Waals surface area (Å²) in [6, 6.07) is 8.21. The van der Waals surface area contributed by atoms with Gasteiger partial charge in [-0.2, -0.15) is 0 Å². The number of hydrogen-bond acceptors (Lipinski definition) is 6. The van der Waals surface area contributed by atoms with E-state index in [2.05, 4.69) is 20.9 Å². The van der Waals surface area contributed by atoms with Crippen LogP contribution in [0.25, 0.3) is 11.5 Å². The Kier molecular flexibility index (Phi) is 7.55. The summed E-state index contributed by atoms with van der Waals surface area (Å²) in [7, 11) is 0. The van der Waals surface area contributed by atoms with Crippen molar-refractivity contribution >= 4 is 23.4 Å². The topological polar surface area (TPSA) is 126 Å². The first kappa shape index (κ1) is 24.8. The summed E-state index contributed by atoms with van der Waals surface area (Å²) in [6.07, 6.45) is 0. The van der Waals surface area contributed by atoms with Crippen molar-refractivity contribution in [3.05, 3.63) is 58.9 Å². The zero-order valence-corrected chi connectivity index (χ0v) is 20.2. The minimum absolute atomic E-state index is 0.0643. The molecule has 0 aliphatic carbocycles. The number of aromatic nitrogens is 1. The quantitative estimate of drug-likeness (QED) is 0.462. The third-order valence-electron chi connectivity index (χ3n) is 5.28. The van der Waals surface area contributed by atoms with E-state index in [4.69, 9.17) is 8.83 Å². The predicted octanol–water partition coefficient (Wildman–Crippen LogP) is 3.89.